The van der Waals surface area contributed by atoms with E-state index in [1.54, 1.807) is 24.3 Å². The van der Waals surface area contributed by atoms with Gasteiger partial charge in [0.05, 0.1) is 11.4 Å². The summed E-state index contributed by atoms with van der Waals surface area (Å²) < 4.78 is 2.01. The molecule has 1 aromatic heterocycles. The third-order valence-electron chi connectivity index (χ3n) is 4.38. The van der Waals surface area contributed by atoms with Crippen molar-refractivity contribution in [2.75, 3.05) is 0 Å². The molecule has 0 bridgehead atoms. The van der Waals surface area contributed by atoms with Gasteiger partial charge in [-0.25, -0.2) is 0 Å². The molecule has 0 saturated heterocycles. The van der Waals surface area contributed by atoms with Crippen molar-refractivity contribution in [1.29, 1.82) is 0 Å². The highest BCUT2D eigenvalue weighted by Gasteiger charge is 2.26. The van der Waals surface area contributed by atoms with Crippen LogP contribution in [0.3, 0.4) is 0 Å². The molecular weight excluding hydrogens is 326 g/mol. The van der Waals surface area contributed by atoms with E-state index in [0.29, 0.717) is 11.4 Å². The molecule has 2 aromatic carbocycles. The minimum absolute atomic E-state index is 0.122. The van der Waals surface area contributed by atoms with Gasteiger partial charge in [0.2, 0.25) is 0 Å². The Morgan fingerprint density at radius 1 is 1.21 bits per heavy atom. The van der Waals surface area contributed by atoms with Crippen LogP contribution < -0.4 is 0 Å². The van der Waals surface area contributed by atoms with Crippen molar-refractivity contribution in [3.63, 3.8) is 0 Å². The lowest BCUT2D eigenvalue weighted by atomic mass is 9.94. The number of halogens is 1. The molecular formula is C19H18ClNO3. The normalized spacial score (nSPS) is 12.5. The van der Waals surface area contributed by atoms with E-state index in [9.17, 15) is 15.0 Å². The van der Waals surface area contributed by atoms with Crippen molar-refractivity contribution in [2.45, 2.75) is 26.2 Å². The van der Waals surface area contributed by atoms with E-state index >= 15 is 0 Å². The Kier molecular flexibility index (Phi) is 4.24. The van der Waals surface area contributed by atoms with Crippen molar-refractivity contribution >= 4 is 28.5 Å². The van der Waals surface area contributed by atoms with Crippen molar-refractivity contribution in [3.8, 4) is 11.4 Å². The maximum Gasteiger partial charge on any atom is 0.311 e. The zero-order valence-electron chi connectivity index (χ0n) is 13.5. The number of aliphatic carboxylic acids is 1. The van der Waals surface area contributed by atoms with Crippen LogP contribution in [0.1, 0.15) is 30.5 Å². The Balaban J connectivity index is 2.36. The Morgan fingerprint density at radius 3 is 2.46 bits per heavy atom. The van der Waals surface area contributed by atoms with E-state index in [4.69, 9.17) is 11.6 Å². The Morgan fingerprint density at radius 2 is 1.88 bits per heavy atom. The van der Waals surface area contributed by atoms with Crippen LogP contribution >= 0.6 is 11.6 Å². The van der Waals surface area contributed by atoms with E-state index in [0.717, 1.165) is 27.8 Å². The Labute approximate surface area is 144 Å². The molecule has 0 fully saturated rings. The summed E-state index contributed by atoms with van der Waals surface area (Å²) in [5.41, 5.74) is 3.36. The third-order valence-corrected chi connectivity index (χ3v) is 4.63. The maximum atomic E-state index is 11.7. The number of fused-ring (bicyclic) bond motifs is 1. The van der Waals surface area contributed by atoms with Crippen molar-refractivity contribution < 1.29 is 15.0 Å². The molecule has 0 aliphatic carbocycles. The first kappa shape index (κ1) is 16.4. The molecule has 0 amide bonds. The number of carboxylic acid groups (broad SMARTS) is 1. The highest BCUT2D eigenvalue weighted by atomic mass is 35.5. The van der Waals surface area contributed by atoms with Crippen LogP contribution in [0.25, 0.3) is 16.6 Å². The van der Waals surface area contributed by atoms with Gasteiger partial charge >= 0.3 is 5.97 Å². The van der Waals surface area contributed by atoms with Gasteiger partial charge in [-0.3, -0.25) is 4.79 Å². The fourth-order valence-corrected chi connectivity index (χ4v) is 3.42. The van der Waals surface area contributed by atoms with Crippen LogP contribution in [0.5, 0.6) is 5.75 Å². The standard InChI is InChI=1S/C19H18ClNO3/c1-3-15(19(23)24)18-11(2)21(13-6-4-12(20)5-7-13)17-9-8-14(22)10-16(17)18/h4-10,15,22H,3H2,1-2H3,(H,23,24). The van der Waals surface area contributed by atoms with Crippen LogP contribution in [0.4, 0.5) is 0 Å². The van der Waals surface area contributed by atoms with Crippen LogP contribution in [-0.2, 0) is 4.79 Å². The SMILES string of the molecule is CCC(C(=O)O)c1c(C)n(-c2ccc(Cl)cc2)c2ccc(O)cc12. The largest absolute Gasteiger partial charge is 0.508 e. The molecule has 5 heteroatoms. The number of nitrogens with zero attached hydrogens (tertiary/aromatic N) is 1. The predicted molar refractivity (Wildman–Crippen MR) is 95.4 cm³/mol. The van der Waals surface area contributed by atoms with Crippen molar-refractivity contribution in [3.05, 3.63) is 58.7 Å². The molecule has 124 valence electrons. The van der Waals surface area contributed by atoms with E-state index in [1.165, 1.54) is 0 Å². The summed E-state index contributed by atoms with van der Waals surface area (Å²) in [6, 6.07) is 12.5. The van der Waals surface area contributed by atoms with Crippen LogP contribution in [0.2, 0.25) is 5.02 Å². The highest BCUT2D eigenvalue weighted by molar-refractivity contribution is 6.30. The third kappa shape index (κ3) is 2.63. The van der Waals surface area contributed by atoms with E-state index in [2.05, 4.69) is 0 Å². The van der Waals surface area contributed by atoms with Gasteiger partial charge in [0.15, 0.2) is 0 Å². The van der Waals surface area contributed by atoms with Gasteiger partial charge in [-0.1, -0.05) is 18.5 Å². The summed E-state index contributed by atoms with van der Waals surface area (Å²) in [4.78, 5) is 11.7. The van der Waals surface area contributed by atoms with Gasteiger partial charge in [-0.15, -0.1) is 0 Å². The fourth-order valence-electron chi connectivity index (χ4n) is 3.30. The van der Waals surface area contributed by atoms with Gasteiger partial charge in [0.25, 0.3) is 0 Å². The Bertz CT molecular complexity index is 913. The molecule has 4 nitrogen and oxygen atoms in total. The number of benzene rings is 2. The van der Waals surface area contributed by atoms with Crippen molar-refractivity contribution in [2.24, 2.45) is 0 Å². The smallest absolute Gasteiger partial charge is 0.311 e. The zero-order valence-corrected chi connectivity index (χ0v) is 14.2. The topological polar surface area (TPSA) is 62.5 Å². The molecule has 2 N–H and O–H groups in total. The number of aromatic hydroxyl groups is 1. The first-order valence-corrected chi connectivity index (χ1v) is 8.14. The number of carboxylic acids is 1. The molecule has 1 heterocycles. The number of carbonyl (C=O) groups is 1. The molecule has 24 heavy (non-hydrogen) atoms. The summed E-state index contributed by atoms with van der Waals surface area (Å²) in [5.74, 6) is -1.36. The summed E-state index contributed by atoms with van der Waals surface area (Å²) >= 11 is 5.98. The van der Waals surface area contributed by atoms with Gasteiger partial charge in [0, 0.05) is 21.8 Å². The first-order chi connectivity index (χ1) is 11.4. The van der Waals surface area contributed by atoms with E-state index in [1.807, 2.05) is 36.6 Å². The lowest BCUT2D eigenvalue weighted by molar-refractivity contribution is -0.138. The molecule has 0 aliphatic rings. The summed E-state index contributed by atoms with van der Waals surface area (Å²) in [7, 11) is 0. The molecule has 0 saturated carbocycles. The van der Waals surface area contributed by atoms with E-state index in [-0.39, 0.29) is 5.75 Å². The van der Waals surface area contributed by atoms with Crippen LogP contribution in [-0.4, -0.2) is 20.7 Å². The number of phenolic OH excluding ortho intramolecular Hbond substituents is 1. The molecule has 0 aliphatic heterocycles. The van der Waals surface area contributed by atoms with Gasteiger partial charge in [-0.2, -0.15) is 0 Å². The van der Waals surface area contributed by atoms with Gasteiger partial charge < -0.3 is 14.8 Å². The summed E-state index contributed by atoms with van der Waals surface area (Å²) in [5, 5.41) is 20.9. The molecule has 0 radical (unpaired) electrons. The van der Waals surface area contributed by atoms with E-state index < -0.39 is 11.9 Å². The van der Waals surface area contributed by atoms with Crippen LogP contribution in [0, 0.1) is 6.92 Å². The quantitative estimate of drug-likeness (QED) is 0.710. The predicted octanol–water partition coefficient (Wildman–Crippen LogP) is 4.88. The number of hydrogen-bond acceptors (Lipinski definition) is 2. The van der Waals surface area contributed by atoms with Crippen molar-refractivity contribution in [1.82, 2.24) is 4.57 Å². The molecule has 0 spiro atoms. The minimum Gasteiger partial charge on any atom is -0.508 e. The fraction of sp³-hybridized carbons (Fsp3) is 0.211. The molecule has 1 atom stereocenters. The highest BCUT2D eigenvalue weighted by Crippen LogP contribution is 2.37. The number of aromatic nitrogens is 1. The second-order valence-corrected chi connectivity index (χ2v) is 6.25. The van der Waals surface area contributed by atoms with Gasteiger partial charge in [0.1, 0.15) is 5.75 Å². The maximum absolute atomic E-state index is 11.7. The number of phenols is 1. The average Bonchev–Trinajstić information content (AvgIpc) is 2.81. The average molecular weight is 344 g/mol. The monoisotopic (exact) mass is 343 g/mol. The summed E-state index contributed by atoms with van der Waals surface area (Å²) in [6.07, 6.45) is 0.478. The zero-order chi connectivity index (χ0) is 17.4. The molecule has 1 unspecified atom stereocenters. The minimum atomic E-state index is -0.862. The number of rotatable bonds is 4. The second kappa shape index (κ2) is 6.21. The molecule has 3 aromatic rings. The lowest BCUT2D eigenvalue weighted by Gasteiger charge is -2.12. The molecule has 3 rings (SSSR count). The van der Waals surface area contributed by atoms with Crippen LogP contribution in [0.15, 0.2) is 42.5 Å². The number of hydrogen-bond donors (Lipinski definition) is 2. The first-order valence-electron chi connectivity index (χ1n) is 7.76. The lowest BCUT2D eigenvalue weighted by Crippen LogP contribution is -2.11. The second-order valence-electron chi connectivity index (χ2n) is 5.81. The summed E-state index contributed by atoms with van der Waals surface area (Å²) in [6.45, 7) is 3.76. The van der Waals surface area contributed by atoms with Gasteiger partial charge in [-0.05, 0) is 61.4 Å². The Hall–Kier alpha value is -2.46.